The van der Waals surface area contributed by atoms with Crippen molar-refractivity contribution in [3.63, 3.8) is 0 Å². The first-order valence-electron chi connectivity index (χ1n) is 12.7. The summed E-state index contributed by atoms with van der Waals surface area (Å²) in [5.74, 6) is 2.33. The number of carbonyl (C=O) groups is 1. The van der Waals surface area contributed by atoms with Crippen LogP contribution in [0.5, 0.6) is 0 Å². The molecule has 2 heteroatoms. The van der Waals surface area contributed by atoms with Crippen molar-refractivity contribution in [3.05, 3.63) is 40.0 Å². The summed E-state index contributed by atoms with van der Waals surface area (Å²) in [6.07, 6.45) is 9.73. The molecule has 1 aromatic rings. The number of nitrogens with one attached hydrogen (secondary N) is 1. The van der Waals surface area contributed by atoms with E-state index in [2.05, 4.69) is 65.9 Å². The van der Waals surface area contributed by atoms with Crippen LogP contribution in [-0.2, 0) is 4.79 Å². The fraction of sp³-hybridized carbons (Fsp3) is 0.690. The molecule has 1 saturated carbocycles. The second-order valence-corrected chi connectivity index (χ2v) is 11.8. The molecule has 1 amide bonds. The predicted octanol–water partition coefficient (Wildman–Crippen LogP) is 7.91. The topological polar surface area (TPSA) is 29.1 Å². The van der Waals surface area contributed by atoms with Crippen molar-refractivity contribution in [2.24, 2.45) is 28.6 Å². The Kier molecular flexibility index (Phi) is 5.90. The van der Waals surface area contributed by atoms with Crippen LogP contribution in [0.2, 0.25) is 0 Å². The third-order valence-corrected chi connectivity index (χ3v) is 9.43. The maximum atomic E-state index is 13.8. The third kappa shape index (κ3) is 3.79. The standard InChI is InChI=1S/C29H43NO/c1-18(2)22-9-11-24-23(17-22)10-12-25-28(24,6)13-8-14-29(25,7)27(31)30-26-20(4)15-19(3)16-21(26)5/h15-16,18,22,25H,8-14,17H2,1-7H3,(H,30,31)/t22?,25?,28?,29-/m1/s1. The van der Waals surface area contributed by atoms with E-state index in [1.165, 1.54) is 55.2 Å². The molecule has 1 N–H and O–H groups in total. The Morgan fingerprint density at radius 3 is 2.35 bits per heavy atom. The maximum absolute atomic E-state index is 13.8. The summed E-state index contributed by atoms with van der Waals surface area (Å²) in [7, 11) is 0. The number of amides is 1. The average Bonchev–Trinajstić information content (AvgIpc) is 2.69. The smallest absolute Gasteiger partial charge is 0.230 e. The summed E-state index contributed by atoms with van der Waals surface area (Å²) in [4.78, 5) is 13.8. The van der Waals surface area contributed by atoms with Crippen LogP contribution in [0.15, 0.2) is 23.3 Å². The zero-order chi connectivity index (χ0) is 22.6. The number of benzene rings is 1. The number of hydrogen-bond acceptors (Lipinski definition) is 1. The van der Waals surface area contributed by atoms with Crippen molar-refractivity contribution < 1.29 is 4.79 Å². The van der Waals surface area contributed by atoms with E-state index >= 15 is 0 Å². The van der Waals surface area contributed by atoms with Crippen LogP contribution in [0.25, 0.3) is 0 Å². The zero-order valence-corrected chi connectivity index (χ0v) is 21.0. The lowest BCUT2D eigenvalue weighted by Gasteiger charge is -2.56. The minimum absolute atomic E-state index is 0.206. The van der Waals surface area contributed by atoms with Gasteiger partial charge >= 0.3 is 0 Å². The molecular weight excluding hydrogens is 378 g/mol. The van der Waals surface area contributed by atoms with Gasteiger partial charge in [-0.1, -0.05) is 63.0 Å². The molecule has 0 heterocycles. The fourth-order valence-corrected chi connectivity index (χ4v) is 7.66. The molecule has 0 bridgehead atoms. The monoisotopic (exact) mass is 421 g/mol. The second kappa shape index (κ2) is 8.09. The molecule has 1 fully saturated rings. The Balaban J connectivity index is 1.63. The summed E-state index contributed by atoms with van der Waals surface area (Å²) in [6.45, 7) is 15.9. The molecule has 0 spiro atoms. The van der Waals surface area contributed by atoms with Crippen LogP contribution in [0.3, 0.4) is 0 Å². The highest BCUT2D eigenvalue weighted by Gasteiger charge is 2.56. The van der Waals surface area contributed by atoms with E-state index < -0.39 is 0 Å². The van der Waals surface area contributed by atoms with Gasteiger partial charge in [0.1, 0.15) is 0 Å². The van der Waals surface area contributed by atoms with Gasteiger partial charge in [-0.15, -0.1) is 0 Å². The van der Waals surface area contributed by atoms with Crippen LogP contribution in [0.1, 0.15) is 95.8 Å². The molecular formula is C29H43NO. The molecule has 4 atom stereocenters. The molecule has 3 unspecified atom stereocenters. The molecule has 2 nitrogen and oxygen atoms in total. The highest BCUT2D eigenvalue weighted by atomic mass is 16.2. The van der Waals surface area contributed by atoms with Gasteiger partial charge in [0.25, 0.3) is 0 Å². The Hall–Kier alpha value is -1.57. The molecule has 0 aliphatic heterocycles. The first-order valence-corrected chi connectivity index (χ1v) is 12.7. The van der Waals surface area contributed by atoms with E-state index in [-0.39, 0.29) is 16.7 Å². The van der Waals surface area contributed by atoms with E-state index in [4.69, 9.17) is 0 Å². The lowest BCUT2D eigenvalue weighted by molar-refractivity contribution is -0.135. The normalized spacial score (nSPS) is 33.2. The first-order chi connectivity index (χ1) is 14.6. The van der Waals surface area contributed by atoms with Crippen LogP contribution < -0.4 is 5.32 Å². The highest BCUT2D eigenvalue weighted by molar-refractivity contribution is 5.97. The number of rotatable bonds is 3. The molecule has 0 aromatic heterocycles. The predicted molar refractivity (Wildman–Crippen MR) is 131 cm³/mol. The van der Waals surface area contributed by atoms with Crippen LogP contribution in [-0.4, -0.2) is 5.91 Å². The lowest BCUT2D eigenvalue weighted by atomic mass is 9.48. The van der Waals surface area contributed by atoms with E-state index in [0.29, 0.717) is 5.92 Å². The van der Waals surface area contributed by atoms with E-state index in [1.807, 2.05) is 0 Å². The Morgan fingerprint density at radius 2 is 1.71 bits per heavy atom. The molecule has 31 heavy (non-hydrogen) atoms. The number of hydrogen-bond donors (Lipinski definition) is 1. The first kappa shape index (κ1) is 22.6. The van der Waals surface area contributed by atoms with Gasteiger partial charge in [0.05, 0.1) is 5.41 Å². The van der Waals surface area contributed by atoms with E-state index in [9.17, 15) is 4.79 Å². The van der Waals surface area contributed by atoms with Crippen LogP contribution in [0, 0.1) is 49.4 Å². The van der Waals surface area contributed by atoms with Crippen molar-refractivity contribution >= 4 is 11.6 Å². The third-order valence-electron chi connectivity index (χ3n) is 9.43. The van der Waals surface area contributed by atoms with Crippen molar-refractivity contribution in [1.29, 1.82) is 0 Å². The van der Waals surface area contributed by atoms with Gasteiger partial charge in [0.2, 0.25) is 5.91 Å². The van der Waals surface area contributed by atoms with E-state index in [0.717, 1.165) is 30.4 Å². The van der Waals surface area contributed by atoms with Gasteiger partial charge in [0.15, 0.2) is 0 Å². The number of anilines is 1. The van der Waals surface area contributed by atoms with Crippen LogP contribution in [0.4, 0.5) is 5.69 Å². The Morgan fingerprint density at radius 1 is 1.03 bits per heavy atom. The summed E-state index contributed by atoms with van der Waals surface area (Å²) in [6, 6.07) is 4.36. The average molecular weight is 422 g/mol. The van der Waals surface area contributed by atoms with Gasteiger partial charge in [0, 0.05) is 5.69 Å². The summed E-state index contributed by atoms with van der Waals surface area (Å²) >= 11 is 0. The Labute approximate surface area is 190 Å². The van der Waals surface area contributed by atoms with Crippen molar-refractivity contribution in [3.8, 4) is 0 Å². The molecule has 3 aliphatic rings. The van der Waals surface area contributed by atoms with Crippen molar-refractivity contribution in [1.82, 2.24) is 0 Å². The fourth-order valence-electron chi connectivity index (χ4n) is 7.66. The van der Waals surface area contributed by atoms with Gasteiger partial charge in [-0.05, 0) is 100 Å². The molecule has 170 valence electrons. The zero-order valence-electron chi connectivity index (χ0n) is 21.0. The summed E-state index contributed by atoms with van der Waals surface area (Å²) in [5.41, 5.74) is 8.06. The molecule has 0 saturated heterocycles. The largest absolute Gasteiger partial charge is 0.325 e. The molecule has 1 aromatic carbocycles. The lowest BCUT2D eigenvalue weighted by Crippen LogP contribution is -2.52. The number of fused-ring (bicyclic) bond motifs is 2. The number of allylic oxidation sites excluding steroid dienone is 2. The van der Waals surface area contributed by atoms with E-state index in [1.54, 1.807) is 11.1 Å². The highest BCUT2D eigenvalue weighted by Crippen LogP contribution is 2.62. The molecule has 4 rings (SSSR count). The van der Waals surface area contributed by atoms with Gasteiger partial charge < -0.3 is 5.32 Å². The molecule has 3 aliphatic carbocycles. The van der Waals surface area contributed by atoms with Gasteiger partial charge in [-0.3, -0.25) is 4.79 Å². The maximum Gasteiger partial charge on any atom is 0.230 e. The quantitative estimate of drug-likeness (QED) is 0.494. The van der Waals surface area contributed by atoms with Gasteiger partial charge in [-0.2, -0.15) is 0 Å². The number of carbonyl (C=O) groups excluding carboxylic acids is 1. The van der Waals surface area contributed by atoms with Gasteiger partial charge in [-0.25, -0.2) is 0 Å². The SMILES string of the molecule is Cc1cc(C)c(NC(=O)[C@]2(C)CCCC3(C)C4=C(CCC32)CC(C(C)C)CC4)c(C)c1. The molecule has 0 radical (unpaired) electrons. The Bertz CT molecular complexity index is 886. The van der Waals surface area contributed by atoms with Crippen molar-refractivity contribution in [2.75, 3.05) is 5.32 Å². The van der Waals surface area contributed by atoms with Crippen LogP contribution >= 0.6 is 0 Å². The number of aryl methyl sites for hydroxylation is 3. The minimum atomic E-state index is -0.288. The minimum Gasteiger partial charge on any atom is -0.325 e. The summed E-state index contributed by atoms with van der Waals surface area (Å²) < 4.78 is 0. The van der Waals surface area contributed by atoms with Crippen molar-refractivity contribution in [2.45, 2.75) is 99.8 Å². The second-order valence-electron chi connectivity index (χ2n) is 11.8. The summed E-state index contributed by atoms with van der Waals surface area (Å²) in [5, 5.41) is 3.41.